The first kappa shape index (κ1) is 12.9. The van der Waals surface area contributed by atoms with Crippen LogP contribution >= 0.6 is 0 Å². The minimum absolute atomic E-state index is 0.0128. The van der Waals surface area contributed by atoms with E-state index in [1.165, 1.54) is 11.0 Å². The molecule has 0 unspecified atom stereocenters. The van der Waals surface area contributed by atoms with E-state index in [1.54, 1.807) is 0 Å². The number of hydrogen-bond acceptors (Lipinski definition) is 5. The van der Waals surface area contributed by atoms with Gasteiger partial charge in [-0.2, -0.15) is 0 Å². The first-order valence-electron chi connectivity index (χ1n) is 6.26. The highest BCUT2D eigenvalue weighted by Crippen LogP contribution is 2.31. The average Bonchev–Trinajstić information content (AvgIpc) is 2.85. The van der Waals surface area contributed by atoms with Crippen molar-refractivity contribution in [2.75, 3.05) is 6.61 Å². The number of hydrogen-bond donors (Lipinski definition) is 2. The Morgan fingerprint density at radius 3 is 2.83 bits per heavy atom. The van der Waals surface area contributed by atoms with Gasteiger partial charge in [-0.1, -0.05) is 6.92 Å². The molecule has 1 saturated carbocycles. The molecule has 2 N–H and O–H groups in total. The fourth-order valence-electron chi connectivity index (χ4n) is 2.37. The summed E-state index contributed by atoms with van der Waals surface area (Å²) in [6, 6.07) is 0. The van der Waals surface area contributed by atoms with Gasteiger partial charge in [0.05, 0.1) is 12.1 Å². The number of rotatable bonds is 4. The van der Waals surface area contributed by atoms with Crippen LogP contribution in [0.1, 0.15) is 32.6 Å². The van der Waals surface area contributed by atoms with Gasteiger partial charge in [-0.05, 0) is 42.0 Å². The van der Waals surface area contributed by atoms with Crippen LogP contribution in [0, 0.1) is 5.92 Å². The van der Waals surface area contributed by atoms with Crippen molar-refractivity contribution in [3.05, 3.63) is 6.33 Å². The van der Waals surface area contributed by atoms with E-state index in [1.807, 2.05) is 0 Å². The molecule has 1 aromatic rings. The Hall–Kier alpha value is -1.50. The Bertz CT molecular complexity index is 384. The first-order chi connectivity index (χ1) is 8.63. The lowest BCUT2D eigenvalue weighted by Crippen LogP contribution is -2.54. The largest absolute Gasteiger partial charge is 0.394 e. The van der Waals surface area contributed by atoms with Crippen molar-refractivity contribution < 1.29 is 9.90 Å². The van der Waals surface area contributed by atoms with Crippen molar-refractivity contribution in [2.24, 2.45) is 5.92 Å². The molecule has 0 radical (unpaired) electrons. The quantitative estimate of drug-likeness (QED) is 0.770. The molecule has 1 fully saturated rings. The molecule has 0 aromatic carbocycles. The molecule has 0 saturated heterocycles. The Labute approximate surface area is 106 Å². The molecular weight excluding hydrogens is 234 g/mol. The number of aromatic nitrogens is 4. The Balaban J connectivity index is 1.91. The molecule has 2 rings (SSSR count). The van der Waals surface area contributed by atoms with Crippen molar-refractivity contribution in [3.8, 4) is 0 Å². The summed E-state index contributed by atoms with van der Waals surface area (Å²) >= 11 is 0. The molecule has 0 atom stereocenters. The molecule has 7 nitrogen and oxygen atoms in total. The van der Waals surface area contributed by atoms with E-state index in [2.05, 4.69) is 27.8 Å². The fourth-order valence-corrected chi connectivity index (χ4v) is 2.37. The molecule has 1 amide bonds. The van der Waals surface area contributed by atoms with Gasteiger partial charge in [-0.3, -0.25) is 4.79 Å². The van der Waals surface area contributed by atoms with E-state index in [4.69, 9.17) is 0 Å². The fraction of sp³-hybridized carbons (Fsp3) is 0.818. The van der Waals surface area contributed by atoms with Crippen molar-refractivity contribution in [1.82, 2.24) is 25.5 Å². The van der Waals surface area contributed by atoms with Crippen LogP contribution in [0.25, 0.3) is 0 Å². The standard InChI is InChI=1S/C11H19N5O2/c1-9-2-4-11(7-17,5-3-9)13-10(18)6-16-8-12-14-15-16/h8-9,17H,2-7H2,1H3,(H,13,18). The lowest BCUT2D eigenvalue weighted by atomic mass is 9.77. The number of aliphatic hydroxyl groups excluding tert-OH is 1. The van der Waals surface area contributed by atoms with Gasteiger partial charge < -0.3 is 10.4 Å². The van der Waals surface area contributed by atoms with Gasteiger partial charge in [0.2, 0.25) is 5.91 Å². The summed E-state index contributed by atoms with van der Waals surface area (Å²) in [5.41, 5.74) is -0.461. The van der Waals surface area contributed by atoms with Crippen LogP contribution in [0.4, 0.5) is 0 Å². The molecule has 7 heteroatoms. The zero-order chi connectivity index (χ0) is 13.0. The van der Waals surface area contributed by atoms with Crippen molar-refractivity contribution in [1.29, 1.82) is 0 Å². The van der Waals surface area contributed by atoms with Crippen LogP contribution in [0.3, 0.4) is 0 Å². The molecule has 0 bridgehead atoms. The van der Waals surface area contributed by atoms with Gasteiger partial charge in [-0.25, -0.2) is 4.68 Å². The summed E-state index contributed by atoms with van der Waals surface area (Å²) < 4.78 is 1.37. The topological polar surface area (TPSA) is 92.9 Å². The SMILES string of the molecule is CC1CCC(CO)(NC(=O)Cn2cnnn2)CC1. The van der Waals surface area contributed by atoms with Gasteiger partial charge >= 0.3 is 0 Å². The van der Waals surface area contributed by atoms with E-state index in [9.17, 15) is 9.90 Å². The lowest BCUT2D eigenvalue weighted by molar-refractivity contribution is -0.125. The van der Waals surface area contributed by atoms with E-state index in [-0.39, 0.29) is 19.1 Å². The Morgan fingerprint density at radius 2 is 2.28 bits per heavy atom. The number of aliphatic hydroxyl groups is 1. The predicted molar refractivity (Wildman–Crippen MR) is 63.4 cm³/mol. The van der Waals surface area contributed by atoms with Crippen LogP contribution in [-0.2, 0) is 11.3 Å². The number of amides is 1. The maximum absolute atomic E-state index is 11.9. The Morgan fingerprint density at radius 1 is 1.56 bits per heavy atom. The second-order valence-electron chi connectivity index (χ2n) is 5.18. The van der Waals surface area contributed by atoms with E-state index >= 15 is 0 Å². The molecule has 1 aliphatic carbocycles. The van der Waals surface area contributed by atoms with E-state index < -0.39 is 5.54 Å². The van der Waals surface area contributed by atoms with Crippen LogP contribution in [0.5, 0.6) is 0 Å². The second-order valence-corrected chi connectivity index (χ2v) is 5.18. The van der Waals surface area contributed by atoms with Crippen LogP contribution in [0.2, 0.25) is 0 Å². The highest BCUT2D eigenvalue weighted by atomic mass is 16.3. The summed E-state index contributed by atoms with van der Waals surface area (Å²) in [4.78, 5) is 11.9. The van der Waals surface area contributed by atoms with Crippen LogP contribution in [-0.4, -0.2) is 43.4 Å². The highest BCUT2D eigenvalue weighted by molar-refractivity contribution is 5.76. The first-order valence-corrected chi connectivity index (χ1v) is 6.26. The van der Waals surface area contributed by atoms with Gasteiger partial charge in [0.25, 0.3) is 0 Å². The summed E-state index contributed by atoms with van der Waals surface area (Å²) in [5, 5.41) is 23.1. The van der Waals surface area contributed by atoms with E-state index in [0.29, 0.717) is 5.92 Å². The third kappa shape index (κ3) is 3.04. The number of tetrazole rings is 1. The highest BCUT2D eigenvalue weighted by Gasteiger charge is 2.34. The minimum Gasteiger partial charge on any atom is -0.394 e. The molecule has 1 aromatic heterocycles. The molecule has 1 heterocycles. The predicted octanol–water partition coefficient (Wildman–Crippen LogP) is -0.270. The molecule has 100 valence electrons. The van der Waals surface area contributed by atoms with Gasteiger partial charge in [0, 0.05) is 0 Å². The number of carbonyl (C=O) groups is 1. The Kier molecular flexibility index (Phi) is 3.90. The van der Waals surface area contributed by atoms with Crippen LogP contribution < -0.4 is 5.32 Å². The van der Waals surface area contributed by atoms with Crippen LogP contribution in [0.15, 0.2) is 6.33 Å². The maximum atomic E-state index is 11.9. The maximum Gasteiger partial charge on any atom is 0.242 e. The summed E-state index contributed by atoms with van der Waals surface area (Å²) in [7, 11) is 0. The molecule has 1 aliphatic rings. The zero-order valence-corrected chi connectivity index (χ0v) is 10.5. The number of carbonyl (C=O) groups excluding carboxylic acids is 1. The lowest BCUT2D eigenvalue weighted by Gasteiger charge is -2.38. The van der Waals surface area contributed by atoms with Crippen molar-refractivity contribution >= 4 is 5.91 Å². The smallest absolute Gasteiger partial charge is 0.242 e. The van der Waals surface area contributed by atoms with Gasteiger partial charge in [0.1, 0.15) is 12.9 Å². The van der Waals surface area contributed by atoms with Gasteiger partial charge in [0.15, 0.2) is 0 Å². The second kappa shape index (κ2) is 5.43. The molecular formula is C11H19N5O2. The monoisotopic (exact) mass is 253 g/mol. The molecule has 18 heavy (non-hydrogen) atoms. The number of nitrogens with zero attached hydrogens (tertiary/aromatic N) is 4. The molecule has 0 aliphatic heterocycles. The normalized spacial score (nSPS) is 28.0. The number of nitrogens with one attached hydrogen (secondary N) is 1. The van der Waals surface area contributed by atoms with Crippen molar-refractivity contribution in [2.45, 2.75) is 44.7 Å². The van der Waals surface area contributed by atoms with E-state index in [0.717, 1.165) is 25.7 Å². The summed E-state index contributed by atoms with van der Waals surface area (Å²) in [6.45, 7) is 2.27. The summed E-state index contributed by atoms with van der Waals surface area (Å²) in [5.74, 6) is 0.506. The van der Waals surface area contributed by atoms with Crippen molar-refractivity contribution in [3.63, 3.8) is 0 Å². The summed E-state index contributed by atoms with van der Waals surface area (Å²) in [6.07, 6.45) is 5.11. The molecule has 0 spiro atoms. The third-order valence-corrected chi connectivity index (χ3v) is 3.64. The van der Waals surface area contributed by atoms with Gasteiger partial charge in [-0.15, -0.1) is 5.10 Å². The third-order valence-electron chi connectivity index (χ3n) is 3.64. The zero-order valence-electron chi connectivity index (χ0n) is 10.5. The minimum atomic E-state index is -0.461. The average molecular weight is 253 g/mol.